The predicted molar refractivity (Wildman–Crippen MR) is 117 cm³/mol. The maximum Gasteiger partial charge on any atom is 0.264 e. The van der Waals surface area contributed by atoms with Crippen LogP contribution >= 0.6 is 27.3 Å². The Morgan fingerprint density at radius 3 is 2.25 bits per heavy atom. The quantitative estimate of drug-likeness (QED) is 0.579. The topological polar surface area (TPSA) is 49.4 Å². The van der Waals surface area contributed by atoms with Crippen LogP contribution in [0.1, 0.15) is 32.4 Å². The summed E-state index contributed by atoms with van der Waals surface area (Å²) in [5, 5.41) is 3.07. The van der Waals surface area contributed by atoms with E-state index in [1.807, 2.05) is 67.6 Å². The molecular formula is C22H21BrN2O2S. The summed E-state index contributed by atoms with van der Waals surface area (Å²) in [7, 11) is 1.64. The Morgan fingerprint density at radius 1 is 1.00 bits per heavy atom. The normalized spacial score (nSPS) is 11.7. The molecule has 0 spiro atoms. The Balaban J connectivity index is 1.74. The van der Waals surface area contributed by atoms with Crippen LogP contribution in [-0.4, -0.2) is 30.3 Å². The van der Waals surface area contributed by atoms with Gasteiger partial charge < -0.3 is 10.2 Å². The number of hydrogen-bond donors (Lipinski definition) is 1. The number of aryl methyl sites for hydroxylation is 1. The highest BCUT2D eigenvalue weighted by Crippen LogP contribution is 2.24. The fourth-order valence-electron chi connectivity index (χ4n) is 2.87. The summed E-state index contributed by atoms with van der Waals surface area (Å²) in [6.45, 7) is 2.02. The molecule has 0 radical (unpaired) electrons. The zero-order valence-electron chi connectivity index (χ0n) is 15.7. The molecule has 0 aliphatic heterocycles. The number of halogens is 1. The number of amides is 2. The van der Waals surface area contributed by atoms with Crippen LogP contribution in [0.3, 0.4) is 0 Å². The van der Waals surface area contributed by atoms with Gasteiger partial charge in [-0.25, -0.2) is 0 Å². The highest BCUT2D eigenvalue weighted by atomic mass is 79.9. The summed E-state index contributed by atoms with van der Waals surface area (Å²) in [6.07, 6.45) is 0. The average Bonchev–Trinajstić information content (AvgIpc) is 3.13. The van der Waals surface area contributed by atoms with Gasteiger partial charge in [0.2, 0.25) is 5.91 Å². The zero-order valence-corrected chi connectivity index (χ0v) is 18.1. The Hall–Kier alpha value is -2.44. The van der Waals surface area contributed by atoms with Gasteiger partial charge in [0.25, 0.3) is 5.91 Å². The molecule has 1 heterocycles. The average molecular weight is 457 g/mol. The van der Waals surface area contributed by atoms with Crippen molar-refractivity contribution in [2.24, 2.45) is 0 Å². The Morgan fingerprint density at radius 2 is 1.64 bits per heavy atom. The van der Waals surface area contributed by atoms with E-state index in [4.69, 9.17) is 0 Å². The monoisotopic (exact) mass is 456 g/mol. The molecule has 3 rings (SSSR count). The van der Waals surface area contributed by atoms with Crippen molar-refractivity contribution in [3.05, 3.63) is 92.1 Å². The Bertz CT molecular complexity index is 954. The molecule has 1 N–H and O–H groups in total. The SMILES string of the molecule is Cc1ccc(C(NC(=O)CN(C)C(=O)c2ccc(Br)s2)c2ccccc2)cc1. The molecule has 4 nitrogen and oxygen atoms in total. The van der Waals surface area contributed by atoms with Gasteiger partial charge in [0.1, 0.15) is 0 Å². The third-order valence-corrected chi connectivity index (χ3v) is 5.97. The largest absolute Gasteiger partial charge is 0.344 e. The van der Waals surface area contributed by atoms with Crippen LogP contribution in [-0.2, 0) is 4.79 Å². The van der Waals surface area contributed by atoms with Crippen LogP contribution in [0.15, 0.2) is 70.5 Å². The van der Waals surface area contributed by atoms with Gasteiger partial charge in [-0.1, -0.05) is 60.2 Å². The fraction of sp³-hybridized carbons (Fsp3) is 0.182. The third kappa shape index (κ3) is 5.09. The second-order valence-corrected chi connectivity index (χ2v) is 9.05. The lowest BCUT2D eigenvalue weighted by atomic mass is 9.98. The highest BCUT2D eigenvalue weighted by Gasteiger charge is 2.20. The van der Waals surface area contributed by atoms with Crippen molar-refractivity contribution in [3.63, 3.8) is 0 Å². The molecule has 0 aliphatic carbocycles. The van der Waals surface area contributed by atoms with Gasteiger partial charge in [0.05, 0.1) is 21.3 Å². The van der Waals surface area contributed by atoms with E-state index < -0.39 is 0 Å². The molecule has 3 aromatic rings. The number of benzene rings is 2. The number of rotatable bonds is 6. The number of nitrogens with zero attached hydrogens (tertiary/aromatic N) is 1. The molecule has 0 fully saturated rings. The van der Waals surface area contributed by atoms with Crippen LogP contribution in [0.4, 0.5) is 0 Å². The molecule has 144 valence electrons. The first-order valence-corrected chi connectivity index (χ1v) is 10.5. The first-order chi connectivity index (χ1) is 13.4. The second-order valence-electron chi connectivity index (χ2n) is 6.59. The van der Waals surface area contributed by atoms with Gasteiger partial charge in [-0.3, -0.25) is 9.59 Å². The number of hydrogen-bond acceptors (Lipinski definition) is 3. The molecule has 0 aliphatic rings. The molecule has 2 aromatic carbocycles. The van der Waals surface area contributed by atoms with E-state index in [2.05, 4.69) is 21.2 Å². The van der Waals surface area contributed by atoms with Crippen LogP contribution < -0.4 is 5.32 Å². The van der Waals surface area contributed by atoms with E-state index >= 15 is 0 Å². The minimum Gasteiger partial charge on any atom is -0.344 e. The molecule has 2 amide bonds. The summed E-state index contributed by atoms with van der Waals surface area (Å²) in [6, 6.07) is 21.2. The molecule has 0 saturated heterocycles. The Kier molecular flexibility index (Phi) is 6.65. The second kappa shape index (κ2) is 9.17. The van der Waals surface area contributed by atoms with Gasteiger partial charge in [0, 0.05) is 7.05 Å². The number of likely N-dealkylation sites (N-methyl/N-ethyl adjacent to an activating group) is 1. The zero-order chi connectivity index (χ0) is 20.1. The molecule has 6 heteroatoms. The van der Waals surface area contributed by atoms with Crippen LogP contribution in [0.25, 0.3) is 0 Å². The van der Waals surface area contributed by atoms with Gasteiger partial charge in [-0.05, 0) is 46.1 Å². The lowest BCUT2D eigenvalue weighted by molar-refractivity contribution is -0.122. The van der Waals surface area contributed by atoms with Crippen molar-refractivity contribution >= 4 is 39.1 Å². The van der Waals surface area contributed by atoms with E-state index in [1.165, 1.54) is 16.2 Å². The van der Waals surface area contributed by atoms with E-state index in [9.17, 15) is 9.59 Å². The molecular weight excluding hydrogens is 436 g/mol. The van der Waals surface area contributed by atoms with Gasteiger partial charge in [-0.15, -0.1) is 11.3 Å². The molecule has 1 unspecified atom stereocenters. The number of carbonyl (C=O) groups excluding carboxylic acids is 2. The number of thiophene rings is 1. The van der Waals surface area contributed by atoms with Crippen molar-refractivity contribution in [2.45, 2.75) is 13.0 Å². The summed E-state index contributed by atoms with van der Waals surface area (Å²) in [5.41, 5.74) is 3.16. The third-order valence-electron chi connectivity index (χ3n) is 4.36. The van der Waals surface area contributed by atoms with E-state index in [1.54, 1.807) is 13.1 Å². The van der Waals surface area contributed by atoms with Gasteiger partial charge >= 0.3 is 0 Å². The first kappa shape index (κ1) is 20.3. The number of carbonyl (C=O) groups is 2. The lowest BCUT2D eigenvalue weighted by Crippen LogP contribution is -2.40. The van der Waals surface area contributed by atoms with E-state index in [-0.39, 0.29) is 24.4 Å². The first-order valence-electron chi connectivity index (χ1n) is 8.85. The lowest BCUT2D eigenvalue weighted by Gasteiger charge is -2.22. The maximum absolute atomic E-state index is 12.7. The van der Waals surface area contributed by atoms with Crippen molar-refractivity contribution in [1.29, 1.82) is 0 Å². The van der Waals surface area contributed by atoms with Crippen molar-refractivity contribution < 1.29 is 9.59 Å². The molecule has 0 bridgehead atoms. The van der Waals surface area contributed by atoms with Crippen LogP contribution in [0, 0.1) is 6.92 Å². The molecule has 1 atom stereocenters. The van der Waals surface area contributed by atoms with E-state index in [0.717, 1.165) is 20.5 Å². The van der Waals surface area contributed by atoms with Crippen LogP contribution in [0.5, 0.6) is 0 Å². The van der Waals surface area contributed by atoms with Gasteiger partial charge in [-0.2, -0.15) is 0 Å². The van der Waals surface area contributed by atoms with Crippen molar-refractivity contribution in [2.75, 3.05) is 13.6 Å². The summed E-state index contributed by atoms with van der Waals surface area (Å²) >= 11 is 4.71. The summed E-state index contributed by atoms with van der Waals surface area (Å²) in [4.78, 5) is 27.2. The fourth-order valence-corrected chi connectivity index (χ4v) is 4.26. The predicted octanol–water partition coefficient (Wildman–Crippen LogP) is 4.80. The van der Waals surface area contributed by atoms with Crippen LogP contribution in [0.2, 0.25) is 0 Å². The molecule has 1 aromatic heterocycles. The maximum atomic E-state index is 12.7. The smallest absolute Gasteiger partial charge is 0.264 e. The van der Waals surface area contributed by atoms with E-state index in [0.29, 0.717) is 4.88 Å². The molecule has 28 heavy (non-hydrogen) atoms. The number of nitrogens with one attached hydrogen (secondary N) is 1. The highest BCUT2D eigenvalue weighted by molar-refractivity contribution is 9.11. The molecule has 0 saturated carbocycles. The van der Waals surface area contributed by atoms with Gasteiger partial charge in [0.15, 0.2) is 0 Å². The minimum absolute atomic E-state index is 0.0104. The standard InChI is InChI=1S/C22H21BrN2O2S/c1-15-8-10-17(11-9-15)21(16-6-4-3-5-7-16)24-20(26)14-25(2)22(27)18-12-13-19(23)28-18/h3-13,21H,14H2,1-2H3,(H,24,26). The van der Waals surface area contributed by atoms with Crippen molar-refractivity contribution in [3.8, 4) is 0 Å². The summed E-state index contributed by atoms with van der Waals surface area (Å²) < 4.78 is 0.886. The summed E-state index contributed by atoms with van der Waals surface area (Å²) in [5.74, 6) is -0.377. The Labute approximate surface area is 177 Å². The van der Waals surface area contributed by atoms with Crippen molar-refractivity contribution in [1.82, 2.24) is 10.2 Å². The minimum atomic E-state index is -0.270.